The molecule has 1 N–H and O–H groups in total. The number of methoxy groups -OCH3 is 1. The molecule has 1 heterocycles. The van der Waals surface area contributed by atoms with Gasteiger partial charge in [-0.15, -0.1) is 0 Å². The summed E-state index contributed by atoms with van der Waals surface area (Å²) in [5.74, 6) is 0.695. The number of oxazole rings is 1. The number of hydrogen-bond acceptors (Lipinski definition) is 4. The normalized spacial score (nSPS) is 11.0. The highest BCUT2D eigenvalue weighted by Crippen LogP contribution is 2.35. The van der Waals surface area contributed by atoms with E-state index in [1.807, 2.05) is 43.4 Å². The largest absolute Gasteiger partial charge is 0.496 e. The van der Waals surface area contributed by atoms with Gasteiger partial charge in [-0.25, -0.2) is 9.37 Å². The van der Waals surface area contributed by atoms with Crippen molar-refractivity contribution < 1.29 is 13.5 Å². The van der Waals surface area contributed by atoms with Gasteiger partial charge < -0.3 is 14.5 Å². The van der Waals surface area contributed by atoms with Gasteiger partial charge in [0.05, 0.1) is 17.7 Å². The van der Waals surface area contributed by atoms with Crippen LogP contribution in [-0.2, 0) is 0 Å². The molecule has 0 saturated carbocycles. The number of aromatic nitrogens is 1. The summed E-state index contributed by atoms with van der Waals surface area (Å²) in [4.78, 5) is 4.61. The van der Waals surface area contributed by atoms with Crippen LogP contribution >= 0.6 is 11.6 Å². The van der Waals surface area contributed by atoms with Crippen LogP contribution in [0.1, 0.15) is 0 Å². The molecule has 0 amide bonds. The fourth-order valence-corrected chi connectivity index (χ4v) is 3.11. The summed E-state index contributed by atoms with van der Waals surface area (Å²) in [6.45, 7) is 0. The molecular formula is C21H16ClFN2O2. The van der Waals surface area contributed by atoms with E-state index in [2.05, 4.69) is 10.3 Å². The SMILES string of the molecule is CNc1ccc(OC)c(-c2nc3cc(-c4ccc(F)c(Cl)c4)ccc3o2)c1. The van der Waals surface area contributed by atoms with Crippen molar-refractivity contribution in [3.05, 3.63) is 65.4 Å². The lowest BCUT2D eigenvalue weighted by Crippen LogP contribution is -1.92. The monoisotopic (exact) mass is 382 g/mol. The highest BCUT2D eigenvalue weighted by molar-refractivity contribution is 6.31. The third kappa shape index (κ3) is 3.22. The van der Waals surface area contributed by atoms with E-state index in [0.717, 1.165) is 22.4 Å². The Morgan fingerprint density at radius 2 is 1.81 bits per heavy atom. The summed E-state index contributed by atoms with van der Waals surface area (Å²) in [5.41, 5.74) is 4.71. The second kappa shape index (κ2) is 6.93. The lowest BCUT2D eigenvalue weighted by molar-refractivity contribution is 0.415. The van der Waals surface area contributed by atoms with Crippen molar-refractivity contribution in [2.24, 2.45) is 0 Å². The van der Waals surface area contributed by atoms with E-state index in [1.54, 1.807) is 19.2 Å². The number of nitrogens with zero attached hydrogens (tertiary/aromatic N) is 1. The third-order valence-electron chi connectivity index (χ3n) is 4.36. The van der Waals surface area contributed by atoms with Crippen LogP contribution < -0.4 is 10.1 Å². The van der Waals surface area contributed by atoms with Crippen molar-refractivity contribution in [2.75, 3.05) is 19.5 Å². The summed E-state index contributed by atoms with van der Waals surface area (Å²) < 4.78 is 24.8. The Labute approximate surface area is 160 Å². The first-order chi connectivity index (χ1) is 13.1. The van der Waals surface area contributed by atoms with Crippen LogP contribution in [-0.4, -0.2) is 19.1 Å². The summed E-state index contributed by atoms with van der Waals surface area (Å²) in [6.07, 6.45) is 0. The molecule has 4 nitrogen and oxygen atoms in total. The molecule has 6 heteroatoms. The number of hydrogen-bond donors (Lipinski definition) is 1. The zero-order chi connectivity index (χ0) is 19.0. The van der Waals surface area contributed by atoms with Gasteiger partial charge in [0.2, 0.25) is 5.89 Å². The zero-order valence-corrected chi connectivity index (χ0v) is 15.5. The zero-order valence-electron chi connectivity index (χ0n) is 14.7. The van der Waals surface area contributed by atoms with Crippen molar-refractivity contribution in [3.63, 3.8) is 0 Å². The van der Waals surface area contributed by atoms with Crippen LogP contribution in [0.15, 0.2) is 59.0 Å². The van der Waals surface area contributed by atoms with Gasteiger partial charge in [-0.05, 0) is 53.6 Å². The minimum atomic E-state index is -0.443. The Kier molecular flexibility index (Phi) is 4.46. The van der Waals surface area contributed by atoms with Crippen molar-refractivity contribution in [3.8, 4) is 28.3 Å². The van der Waals surface area contributed by atoms with E-state index in [9.17, 15) is 4.39 Å². The van der Waals surface area contributed by atoms with Gasteiger partial charge in [-0.1, -0.05) is 23.7 Å². The number of halogens is 2. The first-order valence-corrected chi connectivity index (χ1v) is 8.69. The first kappa shape index (κ1) is 17.4. The molecule has 1 aromatic heterocycles. The number of anilines is 1. The minimum Gasteiger partial charge on any atom is -0.496 e. The molecule has 27 heavy (non-hydrogen) atoms. The smallest absolute Gasteiger partial charge is 0.231 e. The molecule has 0 unspecified atom stereocenters. The highest BCUT2D eigenvalue weighted by Gasteiger charge is 2.15. The molecule has 0 bridgehead atoms. The molecule has 0 radical (unpaired) electrons. The standard InChI is InChI=1S/C21H16ClFN2O2/c1-24-14-5-8-19(26-2)15(11-14)21-25-18-10-13(4-7-20(18)27-21)12-3-6-17(23)16(22)9-12/h3-11,24H,1-2H3. The van der Waals surface area contributed by atoms with E-state index < -0.39 is 5.82 Å². The van der Waals surface area contributed by atoms with Gasteiger partial charge in [0.15, 0.2) is 5.58 Å². The fourth-order valence-electron chi connectivity index (χ4n) is 2.93. The quantitative estimate of drug-likeness (QED) is 0.470. The lowest BCUT2D eigenvalue weighted by atomic mass is 10.1. The van der Waals surface area contributed by atoms with Crippen molar-refractivity contribution in [1.29, 1.82) is 0 Å². The molecule has 4 aromatic rings. The molecule has 0 spiro atoms. The lowest BCUT2D eigenvalue weighted by Gasteiger charge is -2.07. The van der Waals surface area contributed by atoms with Gasteiger partial charge in [-0.2, -0.15) is 0 Å². The Balaban J connectivity index is 1.80. The number of ether oxygens (including phenoxy) is 1. The Hall–Kier alpha value is -3.05. The highest BCUT2D eigenvalue weighted by atomic mass is 35.5. The van der Waals surface area contributed by atoms with Crippen LogP contribution in [0.25, 0.3) is 33.7 Å². The van der Waals surface area contributed by atoms with Crippen LogP contribution in [0.4, 0.5) is 10.1 Å². The summed E-state index contributed by atoms with van der Waals surface area (Å²) in [6, 6.07) is 16.0. The summed E-state index contributed by atoms with van der Waals surface area (Å²) in [5, 5.41) is 3.18. The molecule has 0 fully saturated rings. The van der Waals surface area contributed by atoms with Crippen molar-refractivity contribution in [1.82, 2.24) is 4.98 Å². The number of fused-ring (bicyclic) bond motifs is 1. The minimum absolute atomic E-state index is 0.0852. The maximum Gasteiger partial charge on any atom is 0.231 e. The van der Waals surface area contributed by atoms with E-state index in [4.69, 9.17) is 20.8 Å². The molecule has 0 saturated heterocycles. The van der Waals surface area contributed by atoms with E-state index in [1.165, 1.54) is 6.07 Å². The van der Waals surface area contributed by atoms with Gasteiger partial charge in [0, 0.05) is 12.7 Å². The molecule has 3 aromatic carbocycles. The Morgan fingerprint density at radius 1 is 1.04 bits per heavy atom. The van der Waals surface area contributed by atoms with Crippen LogP contribution in [0, 0.1) is 5.82 Å². The molecule has 136 valence electrons. The molecular weight excluding hydrogens is 367 g/mol. The predicted molar refractivity (Wildman–Crippen MR) is 106 cm³/mol. The second-order valence-electron chi connectivity index (χ2n) is 6.00. The first-order valence-electron chi connectivity index (χ1n) is 8.31. The van der Waals surface area contributed by atoms with Crippen LogP contribution in [0.3, 0.4) is 0 Å². The average Bonchev–Trinajstić information content (AvgIpc) is 3.12. The van der Waals surface area contributed by atoms with Gasteiger partial charge >= 0.3 is 0 Å². The number of benzene rings is 3. The summed E-state index contributed by atoms with van der Waals surface area (Å²) >= 11 is 5.90. The van der Waals surface area contributed by atoms with Crippen LogP contribution in [0.5, 0.6) is 5.75 Å². The van der Waals surface area contributed by atoms with E-state index >= 15 is 0 Å². The molecule has 4 rings (SSSR count). The van der Waals surface area contributed by atoms with Crippen LogP contribution in [0.2, 0.25) is 5.02 Å². The predicted octanol–water partition coefficient (Wildman–Crippen LogP) is 6.00. The number of nitrogens with one attached hydrogen (secondary N) is 1. The second-order valence-corrected chi connectivity index (χ2v) is 6.40. The van der Waals surface area contributed by atoms with Gasteiger partial charge in [0.25, 0.3) is 0 Å². The third-order valence-corrected chi connectivity index (χ3v) is 4.65. The Morgan fingerprint density at radius 3 is 2.56 bits per heavy atom. The average molecular weight is 383 g/mol. The number of rotatable bonds is 4. The van der Waals surface area contributed by atoms with Gasteiger partial charge in [-0.3, -0.25) is 0 Å². The van der Waals surface area contributed by atoms with Gasteiger partial charge in [0.1, 0.15) is 17.1 Å². The van der Waals surface area contributed by atoms with Crippen molar-refractivity contribution in [2.45, 2.75) is 0 Å². The van der Waals surface area contributed by atoms with E-state index in [0.29, 0.717) is 22.7 Å². The molecule has 0 aliphatic carbocycles. The van der Waals surface area contributed by atoms with Crippen molar-refractivity contribution >= 4 is 28.4 Å². The maximum absolute atomic E-state index is 13.4. The van der Waals surface area contributed by atoms with E-state index in [-0.39, 0.29) is 5.02 Å². The topological polar surface area (TPSA) is 47.3 Å². The maximum atomic E-state index is 13.4. The molecule has 0 aliphatic heterocycles. The Bertz CT molecular complexity index is 1140. The molecule has 0 atom stereocenters. The molecule has 0 aliphatic rings. The fraction of sp³-hybridized carbons (Fsp3) is 0.0952. The summed E-state index contributed by atoms with van der Waals surface area (Å²) in [7, 11) is 3.45.